The van der Waals surface area contributed by atoms with E-state index in [0.29, 0.717) is 54.4 Å². The van der Waals surface area contributed by atoms with E-state index >= 15 is 4.39 Å². The molecule has 2 aromatic carbocycles. The summed E-state index contributed by atoms with van der Waals surface area (Å²) in [7, 11) is 2.57. The number of benzene rings is 2. The Kier molecular flexibility index (Phi) is 14.0. The Morgan fingerprint density at radius 2 is 1.37 bits per heavy atom. The summed E-state index contributed by atoms with van der Waals surface area (Å²) in [5, 5.41) is 7.40. The Morgan fingerprint density at radius 1 is 0.800 bits per heavy atom. The molecule has 70 heavy (non-hydrogen) atoms. The van der Waals surface area contributed by atoms with Crippen molar-refractivity contribution in [2.75, 3.05) is 27.3 Å². The smallest absolute Gasteiger partial charge is 0.407 e. The molecular formula is C53H63FN8O7S. The van der Waals surface area contributed by atoms with Crippen LogP contribution in [0.3, 0.4) is 0 Å². The van der Waals surface area contributed by atoms with E-state index in [4.69, 9.17) is 29.2 Å². The molecule has 2 fully saturated rings. The first-order valence-electron chi connectivity index (χ1n) is 24.7. The summed E-state index contributed by atoms with van der Waals surface area (Å²) in [4.78, 5) is 71.2. The number of amides is 4. The number of nitrogens with one attached hydrogen (secondary N) is 2. The Bertz CT molecular complexity index is 2840. The molecule has 2 N–H and O–H groups in total. The molecule has 2 aromatic heterocycles. The van der Waals surface area contributed by atoms with E-state index in [2.05, 4.69) is 47.2 Å². The third-order valence-electron chi connectivity index (χ3n) is 14.6. The number of fused-ring (bicyclic) bond motifs is 5. The molecular weight excluding hydrogens is 912 g/mol. The molecule has 4 amide bonds. The maximum atomic E-state index is 17.0. The molecule has 370 valence electrons. The molecule has 0 bridgehead atoms. The minimum atomic E-state index is -0.745. The Labute approximate surface area is 412 Å². The van der Waals surface area contributed by atoms with Gasteiger partial charge in [0.05, 0.1) is 53.0 Å². The van der Waals surface area contributed by atoms with Gasteiger partial charge >= 0.3 is 12.2 Å². The number of hydrogen-bond acceptors (Lipinski definition) is 11. The van der Waals surface area contributed by atoms with Crippen molar-refractivity contribution in [3.63, 3.8) is 0 Å². The van der Waals surface area contributed by atoms with Gasteiger partial charge in [-0.05, 0) is 103 Å². The molecule has 5 aliphatic heterocycles. The number of allylic oxidation sites excluding steroid dienone is 2. The number of halogens is 1. The maximum Gasteiger partial charge on any atom is 0.407 e. The Hall–Kier alpha value is -6.36. The van der Waals surface area contributed by atoms with Crippen LogP contribution < -0.4 is 15.4 Å². The fraction of sp³-hybridized carbons (Fsp3) is 0.491. The van der Waals surface area contributed by atoms with E-state index in [9.17, 15) is 19.2 Å². The fourth-order valence-corrected chi connectivity index (χ4v) is 12.0. The average molecular weight is 975 g/mol. The number of alkyl carbamates (subject to hydrolysis) is 2. The molecule has 9 rings (SSSR count). The van der Waals surface area contributed by atoms with Crippen molar-refractivity contribution < 1.29 is 37.8 Å². The zero-order valence-electron chi connectivity index (χ0n) is 41.2. The molecule has 5 atom stereocenters. The number of nitrogens with zero attached hydrogens (tertiary/aromatic N) is 6. The second-order valence-electron chi connectivity index (χ2n) is 19.6. The van der Waals surface area contributed by atoms with E-state index in [1.807, 2.05) is 62.0 Å². The SMILES string of the molecule is CCC(CC)c1ncc(C2Oc3cc(C4=CN=C([C@@H]5CCCN5C(=O)[C@@H](NC(=O)OC)C(C)C)C4)cc(F)c3-c3cc4cc(C5=CN=C([C@@H]6CCCN6C(=O)[C@@H](NC(=O)OC)C(C)C)C5)ccc4n32)s1. The topological polar surface area (TPSA) is 169 Å². The molecule has 17 heteroatoms. The number of aliphatic imine (C=N–C) groups is 2. The number of likely N-dealkylation sites (tertiary alicyclic amines) is 2. The van der Waals surface area contributed by atoms with Crippen LogP contribution in [0.2, 0.25) is 0 Å². The van der Waals surface area contributed by atoms with Gasteiger partial charge < -0.3 is 34.6 Å². The van der Waals surface area contributed by atoms with Crippen LogP contribution in [0.4, 0.5) is 14.0 Å². The lowest BCUT2D eigenvalue weighted by Gasteiger charge is -2.31. The van der Waals surface area contributed by atoms with Gasteiger partial charge in [0.2, 0.25) is 18.0 Å². The molecule has 1 unspecified atom stereocenters. The third kappa shape index (κ3) is 9.12. The lowest BCUT2D eigenvalue weighted by molar-refractivity contribution is -0.134. The average Bonchev–Trinajstić information content (AvgIpc) is 4.21. The number of methoxy groups -OCH3 is 2. The molecule has 7 heterocycles. The van der Waals surface area contributed by atoms with Crippen LogP contribution in [0, 0.1) is 17.7 Å². The number of carbonyl (C=O) groups is 4. The van der Waals surface area contributed by atoms with E-state index < -0.39 is 36.3 Å². The highest BCUT2D eigenvalue weighted by atomic mass is 32.1. The molecule has 0 radical (unpaired) electrons. The molecule has 15 nitrogen and oxygen atoms in total. The summed E-state index contributed by atoms with van der Waals surface area (Å²) in [6.07, 6.45) is 9.73. The predicted molar refractivity (Wildman–Crippen MR) is 269 cm³/mol. The minimum absolute atomic E-state index is 0.133. The van der Waals surface area contributed by atoms with Crippen molar-refractivity contribution in [3.05, 3.63) is 81.8 Å². The lowest BCUT2D eigenvalue weighted by Crippen LogP contribution is -2.53. The number of rotatable bonds is 14. The van der Waals surface area contributed by atoms with Crippen LogP contribution >= 0.6 is 11.3 Å². The van der Waals surface area contributed by atoms with Gasteiger partial charge in [0.1, 0.15) is 23.7 Å². The van der Waals surface area contributed by atoms with Crippen molar-refractivity contribution in [1.29, 1.82) is 0 Å². The summed E-state index contributed by atoms with van der Waals surface area (Å²) in [6, 6.07) is 9.87. The van der Waals surface area contributed by atoms with Crippen LogP contribution in [0.25, 0.3) is 33.3 Å². The zero-order valence-corrected chi connectivity index (χ0v) is 42.0. The van der Waals surface area contributed by atoms with E-state index in [-0.39, 0.29) is 35.7 Å². The van der Waals surface area contributed by atoms with Gasteiger partial charge in [0.25, 0.3) is 0 Å². The Balaban J connectivity index is 0.993. The normalized spacial score (nSPS) is 20.5. The van der Waals surface area contributed by atoms with Crippen LogP contribution in [0.5, 0.6) is 5.75 Å². The van der Waals surface area contributed by atoms with Crippen LogP contribution in [0.15, 0.2) is 65.0 Å². The first kappa shape index (κ1) is 48.7. The summed E-state index contributed by atoms with van der Waals surface area (Å²) in [5.41, 5.74) is 7.14. The Morgan fingerprint density at radius 3 is 1.91 bits per heavy atom. The van der Waals surface area contributed by atoms with Gasteiger partial charge in [-0.1, -0.05) is 47.6 Å². The van der Waals surface area contributed by atoms with Gasteiger partial charge in [-0.2, -0.15) is 0 Å². The van der Waals surface area contributed by atoms with Gasteiger partial charge in [0.15, 0.2) is 0 Å². The quantitative estimate of drug-likeness (QED) is 0.126. The zero-order chi connectivity index (χ0) is 49.5. The summed E-state index contributed by atoms with van der Waals surface area (Å²) in [5.74, 6) is -0.299. The monoisotopic (exact) mass is 974 g/mol. The molecule has 5 aliphatic rings. The third-order valence-corrected chi connectivity index (χ3v) is 15.8. The molecule has 4 aromatic rings. The van der Waals surface area contributed by atoms with Gasteiger partial charge in [-0.25, -0.2) is 19.0 Å². The lowest BCUT2D eigenvalue weighted by atomic mass is 9.95. The molecule has 0 spiro atoms. The van der Waals surface area contributed by atoms with Crippen LogP contribution in [-0.2, 0) is 19.1 Å². The van der Waals surface area contributed by atoms with Gasteiger partial charge in [0, 0.05) is 67.3 Å². The largest absolute Gasteiger partial charge is 0.464 e. The summed E-state index contributed by atoms with van der Waals surface area (Å²) >= 11 is 1.63. The van der Waals surface area contributed by atoms with Crippen molar-refractivity contribution in [2.24, 2.45) is 21.8 Å². The first-order chi connectivity index (χ1) is 33.7. The highest BCUT2D eigenvalue weighted by molar-refractivity contribution is 7.11. The van der Waals surface area contributed by atoms with E-state index in [0.717, 1.165) is 87.4 Å². The van der Waals surface area contributed by atoms with Crippen molar-refractivity contribution in [2.45, 2.75) is 129 Å². The van der Waals surface area contributed by atoms with Crippen LogP contribution in [0.1, 0.15) is 126 Å². The van der Waals surface area contributed by atoms with E-state index in [1.54, 1.807) is 23.6 Å². The number of hydrogen-bond donors (Lipinski definition) is 2. The predicted octanol–water partition coefficient (Wildman–Crippen LogP) is 9.86. The standard InChI is InChI=1S/C53H63FN8O7S/c1-9-30(10-2)48-57-27-44(70-48)51-62-39-16-15-31(34-21-37(55-25-34)40-13-11-17-60(40)49(63)46(28(3)4)58-52(65)67-7)19-33(39)23-42(62)45-36(54)20-32(24-43(45)69-51)35-22-38(56-26-35)41-14-12-18-61(41)50(64)47(29(5)6)59-53(66)68-8/h15-16,19-20,23-30,40-41,46-47,51H,9-14,17-18,21-22H2,1-8H3,(H,58,65)(H,59,66)/t40-,41-,46-,47-,51?/m0/s1. The highest BCUT2D eigenvalue weighted by Crippen LogP contribution is 2.49. The van der Waals surface area contributed by atoms with Crippen molar-refractivity contribution in [1.82, 2.24) is 30.0 Å². The highest BCUT2D eigenvalue weighted by Gasteiger charge is 2.41. The number of carbonyl (C=O) groups excluding carboxylic acids is 4. The number of ether oxygens (including phenoxy) is 3. The molecule has 2 saturated heterocycles. The fourth-order valence-electron chi connectivity index (χ4n) is 10.8. The van der Waals surface area contributed by atoms with E-state index in [1.165, 1.54) is 14.2 Å². The van der Waals surface area contributed by atoms with Gasteiger partial charge in [-0.3, -0.25) is 24.1 Å². The first-order valence-corrected chi connectivity index (χ1v) is 25.5. The van der Waals surface area contributed by atoms with Crippen LogP contribution in [-0.4, -0.2) is 106 Å². The van der Waals surface area contributed by atoms with Gasteiger partial charge in [-0.15, -0.1) is 11.3 Å². The number of aromatic nitrogens is 2. The second kappa shape index (κ2) is 20.2. The molecule has 0 aliphatic carbocycles. The summed E-state index contributed by atoms with van der Waals surface area (Å²) in [6.45, 7) is 13.1. The molecule has 0 saturated carbocycles. The summed E-state index contributed by atoms with van der Waals surface area (Å²) < 4.78 is 35.7. The van der Waals surface area contributed by atoms with Crippen molar-refractivity contribution in [3.8, 4) is 17.0 Å². The second-order valence-corrected chi connectivity index (χ2v) is 20.7. The maximum absolute atomic E-state index is 17.0. The minimum Gasteiger partial charge on any atom is -0.464 e. The number of thiazole rings is 1. The van der Waals surface area contributed by atoms with Crippen molar-refractivity contribution >= 4 is 68.8 Å².